The van der Waals surface area contributed by atoms with Crippen molar-refractivity contribution < 1.29 is 9.72 Å². The van der Waals surface area contributed by atoms with Gasteiger partial charge in [0.25, 0.3) is 11.6 Å². The van der Waals surface area contributed by atoms with Crippen molar-refractivity contribution in [2.24, 2.45) is 0 Å². The maximum absolute atomic E-state index is 12.9. The van der Waals surface area contributed by atoms with E-state index in [0.717, 1.165) is 11.1 Å². The molecule has 3 rings (SSSR count). The van der Waals surface area contributed by atoms with E-state index in [2.05, 4.69) is 0 Å². The third kappa shape index (κ3) is 4.89. The van der Waals surface area contributed by atoms with E-state index in [4.69, 9.17) is 0 Å². The Balaban J connectivity index is 1.92. The lowest BCUT2D eigenvalue weighted by Gasteiger charge is -2.21. The minimum atomic E-state index is -0.464. The van der Waals surface area contributed by atoms with Crippen molar-refractivity contribution in [3.63, 3.8) is 0 Å². The predicted molar refractivity (Wildman–Crippen MR) is 106 cm³/mol. The zero-order chi connectivity index (χ0) is 19.1. The lowest BCUT2D eigenvalue weighted by Crippen LogP contribution is -2.28. The van der Waals surface area contributed by atoms with Gasteiger partial charge in [-0.3, -0.25) is 14.9 Å². The fourth-order valence-electron chi connectivity index (χ4n) is 2.66. The minimum absolute atomic E-state index is 0.0506. The summed E-state index contributed by atoms with van der Waals surface area (Å²) in [5, 5.41) is 11.1. The summed E-state index contributed by atoms with van der Waals surface area (Å²) in [6.07, 6.45) is 3.22. The van der Waals surface area contributed by atoms with Crippen LogP contribution < -0.4 is 4.90 Å². The van der Waals surface area contributed by atoms with Crippen molar-refractivity contribution in [1.29, 1.82) is 0 Å². The number of carbonyl (C=O) groups excluding carboxylic acids is 1. The zero-order valence-corrected chi connectivity index (χ0v) is 14.6. The Morgan fingerprint density at radius 1 is 0.926 bits per heavy atom. The van der Waals surface area contributed by atoms with Crippen LogP contribution in [0, 0.1) is 10.1 Å². The highest BCUT2D eigenvalue weighted by Crippen LogP contribution is 2.23. The molecule has 0 aliphatic heterocycles. The highest BCUT2D eigenvalue weighted by molar-refractivity contribution is 6.03. The second-order valence-electron chi connectivity index (χ2n) is 5.93. The third-order valence-corrected chi connectivity index (χ3v) is 4.02. The van der Waals surface area contributed by atoms with Crippen LogP contribution >= 0.6 is 0 Å². The molecule has 134 valence electrons. The maximum atomic E-state index is 12.9. The third-order valence-electron chi connectivity index (χ3n) is 4.02. The zero-order valence-electron chi connectivity index (χ0n) is 14.6. The summed E-state index contributed by atoms with van der Waals surface area (Å²) in [4.78, 5) is 25.0. The van der Waals surface area contributed by atoms with Gasteiger partial charge in [-0.1, -0.05) is 66.7 Å². The SMILES string of the molecule is O=C(/C=C/c1ccccc1)N(Cc1ccccc1)c1cccc([N+](=O)[O-])c1. The minimum Gasteiger partial charge on any atom is -0.304 e. The van der Waals surface area contributed by atoms with Gasteiger partial charge in [-0.15, -0.1) is 0 Å². The molecule has 0 heterocycles. The van der Waals surface area contributed by atoms with Crippen molar-refractivity contribution in [3.05, 3.63) is 112 Å². The molecule has 0 atom stereocenters. The quantitative estimate of drug-likeness (QED) is 0.360. The fraction of sp³-hybridized carbons (Fsp3) is 0.0455. The Hall–Kier alpha value is -3.73. The fourth-order valence-corrected chi connectivity index (χ4v) is 2.66. The number of benzene rings is 3. The first kappa shape index (κ1) is 18.1. The van der Waals surface area contributed by atoms with E-state index < -0.39 is 4.92 Å². The van der Waals surface area contributed by atoms with E-state index in [1.807, 2.05) is 60.7 Å². The van der Waals surface area contributed by atoms with Gasteiger partial charge in [0.05, 0.1) is 17.2 Å². The molecule has 0 N–H and O–H groups in total. The van der Waals surface area contributed by atoms with Crippen molar-refractivity contribution in [3.8, 4) is 0 Å². The number of hydrogen-bond acceptors (Lipinski definition) is 3. The topological polar surface area (TPSA) is 63.5 Å². The summed E-state index contributed by atoms with van der Waals surface area (Å²) >= 11 is 0. The summed E-state index contributed by atoms with van der Waals surface area (Å²) < 4.78 is 0. The van der Waals surface area contributed by atoms with Crippen molar-refractivity contribution in [1.82, 2.24) is 0 Å². The van der Waals surface area contributed by atoms with Gasteiger partial charge in [0, 0.05) is 18.2 Å². The van der Waals surface area contributed by atoms with Crippen LogP contribution in [-0.2, 0) is 11.3 Å². The molecular weight excluding hydrogens is 340 g/mol. The van der Waals surface area contributed by atoms with Crippen LogP contribution in [-0.4, -0.2) is 10.8 Å². The average molecular weight is 358 g/mol. The van der Waals surface area contributed by atoms with Crippen LogP contribution in [0.2, 0.25) is 0 Å². The lowest BCUT2D eigenvalue weighted by molar-refractivity contribution is -0.384. The van der Waals surface area contributed by atoms with Gasteiger partial charge in [-0.2, -0.15) is 0 Å². The number of amides is 1. The Morgan fingerprint density at radius 2 is 1.59 bits per heavy atom. The molecule has 0 saturated carbocycles. The number of nitrogens with zero attached hydrogens (tertiary/aromatic N) is 2. The van der Waals surface area contributed by atoms with Crippen molar-refractivity contribution in [2.45, 2.75) is 6.54 Å². The molecule has 1 amide bonds. The van der Waals surface area contributed by atoms with Gasteiger partial charge in [-0.05, 0) is 23.3 Å². The van der Waals surface area contributed by atoms with Gasteiger partial charge in [0.15, 0.2) is 0 Å². The van der Waals surface area contributed by atoms with E-state index in [9.17, 15) is 14.9 Å². The van der Waals surface area contributed by atoms with Crippen LogP contribution in [0.15, 0.2) is 91.0 Å². The largest absolute Gasteiger partial charge is 0.304 e. The summed E-state index contributed by atoms with van der Waals surface area (Å²) in [6.45, 7) is 0.319. The maximum Gasteiger partial charge on any atom is 0.271 e. The van der Waals surface area contributed by atoms with Crippen LogP contribution in [0.5, 0.6) is 0 Å². The molecule has 0 aliphatic carbocycles. The molecular formula is C22H18N2O3. The molecule has 0 bridgehead atoms. The van der Waals surface area contributed by atoms with E-state index in [0.29, 0.717) is 12.2 Å². The number of nitro groups is 1. The number of non-ortho nitro benzene ring substituents is 1. The molecule has 0 radical (unpaired) electrons. The second kappa shape index (κ2) is 8.58. The van der Waals surface area contributed by atoms with Crippen LogP contribution in [0.25, 0.3) is 6.08 Å². The number of nitro benzene ring substituents is 1. The molecule has 0 aromatic heterocycles. The number of anilines is 1. The van der Waals surface area contributed by atoms with Crippen LogP contribution in [0.1, 0.15) is 11.1 Å². The predicted octanol–water partition coefficient (Wildman–Crippen LogP) is 4.84. The first-order chi connectivity index (χ1) is 13.1. The Bertz CT molecular complexity index is 954. The molecule has 3 aromatic carbocycles. The van der Waals surface area contributed by atoms with Crippen LogP contribution in [0.4, 0.5) is 11.4 Å². The molecule has 27 heavy (non-hydrogen) atoms. The second-order valence-corrected chi connectivity index (χ2v) is 5.93. The van der Waals surface area contributed by atoms with E-state index in [1.54, 1.807) is 18.2 Å². The summed E-state index contributed by atoms with van der Waals surface area (Å²) in [5.41, 5.74) is 2.27. The number of rotatable bonds is 6. The number of hydrogen-bond donors (Lipinski definition) is 0. The Morgan fingerprint density at radius 3 is 2.26 bits per heavy atom. The molecule has 0 fully saturated rings. The highest BCUT2D eigenvalue weighted by Gasteiger charge is 2.17. The van der Waals surface area contributed by atoms with E-state index in [-0.39, 0.29) is 11.6 Å². The first-order valence-corrected chi connectivity index (χ1v) is 8.46. The molecule has 0 spiro atoms. The molecule has 5 heteroatoms. The van der Waals surface area contributed by atoms with Crippen molar-refractivity contribution in [2.75, 3.05) is 4.90 Å². The smallest absolute Gasteiger partial charge is 0.271 e. The monoisotopic (exact) mass is 358 g/mol. The van der Waals surface area contributed by atoms with Gasteiger partial charge >= 0.3 is 0 Å². The Labute approximate surface area is 157 Å². The first-order valence-electron chi connectivity index (χ1n) is 8.46. The van der Waals surface area contributed by atoms with E-state index >= 15 is 0 Å². The lowest BCUT2D eigenvalue weighted by atomic mass is 10.1. The van der Waals surface area contributed by atoms with Gasteiger partial charge in [0.1, 0.15) is 0 Å². The molecule has 0 aliphatic rings. The number of carbonyl (C=O) groups is 1. The summed E-state index contributed by atoms with van der Waals surface area (Å²) in [7, 11) is 0. The standard InChI is InChI=1S/C22H18N2O3/c25-22(15-14-18-8-3-1-4-9-18)23(17-19-10-5-2-6-11-19)20-12-7-13-21(16-20)24(26)27/h1-16H,17H2/b15-14+. The van der Waals surface area contributed by atoms with Crippen molar-refractivity contribution >= 4 is 23.4 Å². The normalized spacial score (nSPS) is 10.7. The molecule has 0 unspecified atom stereocenters. The van der Waals surface area contributed by atoms with E-state index in [1.165, 1.54) is 23.1 Å². The molecule has 3 aromatic rings. The molecule has 5 nitrogen and oxygen atoms in total. The summed E-state index contributed by atoms with van der Waals surface area (Å²) in [5.74, 6) is -0.247. The molecule has 0 saturated heterocycles. The van der Waals surface area contributed by atoms with Gasteiger partial charge in [0.2, 0.25) is 0 Å². The highest BCUT2D eigenvalue weighted by atomic mass is 16.6. The van der Waals surface area contributed by atoms with Gasteiger partial charge in [-0.25, -0.2) is 0 Å². The average Bonchev–Trinajstić information content (AvgIpc) is 2.72. The van der Waals surface area contributed by atoms with Gasteiger partial charge < -0.3 is 4.90 Å². The summed E-state index contributed by atoms with van der Waals surface area (Å²) in [6, 6.07) is 25.1. The Kier molecular flexibility index (Phi) is 5.74. The van der Waals surface area contributed by atoms with Crippen LogP contribution in [0.3, 0.4) is 0 Å².